The molecular formula is C14H9FIN3O2. The van der Waals surface area contributed by atoms with Crippen molar-refractivity contribution >= 4 is 39.9 Å². The molecule has 1 amide bonds. The maximum Gasteiger partial charge on any atom is 0.276 e. The predicted molar refractivity (Wildman–Crippen MR) is 82.8 cm³/mol. The van der Waals surface area contributed by atoms with Crippen molar-refractivity contribution < 1.29 is 14.4 Å². The van der Waals surface area contributed by atoms with Crippen molar-refractivity contribution in [3.8, 4) is 6.07 Å². The minimum Gasteiger partial charge on any atom is -0.352 e. The van der Waals surface area contributed by atoms with Gasteiger partial charge in [-0.15, -0.1) is 0 Å². The largest absolute Gasteiger partial charge is 0.352 e. The fourth-order valence-electron chi connectivity index (χ4n) is 1.71. The maximum atomic E-state index is 13.9. The molecule has 0 atom stereocenters. The second-order valence-electron chi connectivity index (χ2n) is 4.06. The molecule has 106 valence electrons. The van der Waals surface area contributed by atoms with Crippen LogP contribution in [0.3, 0.4) is 0 Å². The van der Waals surface area contributed by atoms with Gasteiger partial charge < -0.3 is 5.32 Å². The van der Waals surface area contributed by atoms with Crippen LogP contribution in [0.4, 0.5) is 15.8 Å². The third-order valence-corrected chi connectivity index (χ3v) is 3.37. The molecule has 0 aliphatic heterocycles. The number of carbonyl (C=O) groups excluding carboxylic acids is 1. The number of anilines is 2. The number of hydrogen-bond acceptors (Lipinski definition) is 4. The fraction of sp³-hybridized carbons (Fsp3) is 0. The van der Waals surface area contributed by atoms with E-state index in [1.54, 1.807) is 6.07 Å². The van der Waals surface area contributed by atoms with E-state index in [1.165, 1.54) is 35.8 Å². The number of nitriles is 1. The number of amides is 1. The average Bonchev–Trinajstić information content (AvgIpc) is 2.49. The molecule has 21 heavy (non-hydrogen) atoms. The van der Waals surface area contributed by atoms with E-state index in [0.29, 0.717) is 5.56 Å². The Hall–Kier alpha value is -2.18. The zero-order valence-electron chi connectivity index (χ0n) is 10.5. The lowest BCUT2D eigenvalue weighted by Crippen LogP contribution is -2.20. The molecule has 0 heterocycles. The van der Waals surface area contributed by atoms with E-state index in [1.807, 2.05) is 28.7 Å². The first-order valence-corrected chi connectivity index (χ1v) is 6.83. The van der Waals surface area contributed by atoms with Gasteiger partial charge in [0.15, 0.2) is 0 Å². The summed E-state index contributed by atoms with van der Waals surface area (Å²) in [6, 6.07) is 10.7. The first kappa shape index (κ1) is 15.2. The molecule has 7 heteroatoms. The van der Waals surface area contributed by atoms with E-state index in [0.717, 1.165) is 3.57 Å². The molecular weight excluding hydrogens is 388 g/mol. The van der Waals surface area contributed by atoms with Crippen molar-refractivity contribution in [3.05, 3.63) is 56.9 Å². The van der Waals surface area contributed by atoms with Crippen LogP contribution < -0.4 is 10.8 Å². The summed E-state index contributed by atoms with van der Waals surface area (Å²) in [6.45, 7) is 0. The maximum absolute atomic E-state index is 13.9. The van der Waals surface area contributed by atoms with E-state index < -0.39 is 11.7 Å². The molecule has 2 rings (SSSR count). The minimum absolute atomic E-state index is 0.0921. The molecule has 0 saturated heterocycles. The Kier molecular flexibility index (Phi) is 4.72. The van der Waals surface area contributed by atoms with Gasteiger partial charge in [0.1, 0.15) is 5.82 Å². The predicted octanol–water partition coefficient (Wildman–Crippen LogP) is 3.16. The van der Waals surface area contributed by atoms with Crippen molar-refractivity contribution in [1.29, 1.82) is 5.26 Å². The third kappa shape index (κ3) is 3.48. The number of hydroxylamine groups is 1. The van der Waals surface area contributed by atoms with Crippen LogP contribution in [0.2, 0.25) is 0 Å². The van der Waals surface area contributed by atoms with Crippen molar-refractivity contribution in [2.24, 2.45) is 0 Å². The van der Waals surface area contributed by atoms with Gasteiger partial charge >= 0.3 is 0 Å². The van der Waals surface area contributed by atoms with Crippen LogP contribution in [0.25, 0.3) is 0 Å². The zero-order valence-corrected chi connectivity index (χ0v) is 12.7. The summed E-state index contributed by atoms with van der Waals surface area (Å²) < 4.78 is 14.6. The van der Waals surface area contributed by atoms with Gasteiger partial charge in [0.2, 0.25) is 0 Å². The monoisotopic (exact) mass is 397 g/mol. The van der Waals surface area contributed by atoms with Crippen molar-refractivity contribution in [3.63, 3.8) is 0 Å². The van der Waals surface area contributed by atoms with Gasteiger partial charge in [-0.1, -0.05) is 0 Å². The molecule has 0 saturated carbocycles. The Morgan fingerprint density at radius 1 is 1.24 bits per heavy atom. The summed E-state index contributed by atoms with van der Waals surface area (Å²) in [6.07, 6.45) is 0. The summed E-state index contributed by atoms with van der Waals surface area (Å²) in [5, 5.41) is 20.4. The standard InChI is InChI=1S/C14H9FIN3O2/c15-11-6-9(16)2-4-12(11)18-13-5-8(7-17)1-3-10(13)14(20)19-21/h1-6,18,21H,(H,19,20). The summed E-state index contributed by atoms with van der Waals surface area (Å²) in [5.41, 5.74) is 2.29. The second kappa shape index (κ2) is 6.51. The van der Waals surface area contributed by atoms with Crippen LogP contribution in [-0.2, 0) is 0 Å². The van der Waals surface area contributed by atoms with E-state index in [2.05, 4.69) is 5.32 Å². The SMILES string of the molecule is N#Cc1ccc(C(=O)NO)c(Nc2ccc(I)cc2F)c1. The molecule has 0 fully saturated rings. The zero-order chi connectivity index (χ0) is 15.4. The Morgan fingerprint density at radius 2 is 2.00 bits per heavy atom. The summed E-state index contributed by atoms with van der Waals surface area (Å²) in [4.78, 5) is 11.6. The van der Waals surface area contributed by atoms with E-state index in [-0.39, 0.29) is 16.9 Å². The van der Waals surface area contributed by atoms with Crippen molar-refractivity contribution in [2.45, 2.75) is 0 Å². The van der Waals surface area contributed by atoms with Gasteiger partial charge in [0.25, 0.3) is 5.91 Å². The highest BCUT2D eigenvalue weighted by Crippen LogP contribution is 2.25. The van der Waals surface area contributed by atoms with Gasteiger partial charge in [0, 0.05) is 3.57 Å². The van der Waals surface area contributed by atoms with E-state index >= 15 is 0 Å². The molecule has 0 aliphatic carbocycles. The first-order valence-electron chi connectivity index (χ1n) is 5.76. The van der Waals surface area contributed by atoms with Crippen LogP contribution in [0.5, 0.6) is 0 Å². The molecule has 0 bridgehead atoms. The molecule has 2 aromatic rings. The van der Waals surface area contributed by atoms with Crippen LogP contribution in [0.1, 0.15) is 15.9 Å². The topological polar surface area (TPSA) is 85.2 Å². The number of halogens is 2. The van der Waals surface area contributed by atoms with Gasteiger partial charge in [-0.2, -0.15) is 5.26 Å². The van der Waals surface area contributed by atoms with Gasteiger partial charge in [-0.3, -0.25) is 10.0 Å². The number of rotatable bonds is 3. The normalized spacial score (nSPS) is 9.81. The number of nitrogens with one attached hydrogen (secondary N) is 2. The second-order valence-corrected chi connectivity index (χ2v) is 5.31. The van der Waals surface area contributed by atoms with Crippen molar-refractivity contribution in [2.75, 3.05) is 5.32 Å². The highest BCUT2D eigenvalue weighted by atomic mass is 127. The van der Waals surface area contributed by atoms with E-state index in [4.69, 9.17) is 10.5 Å². The number of benzene rings is 2. The molecule has 0 unspecified atom stereocenters. The van der Waals surface area contributed by atoms with Crippen LogP contribution >= 0.6 is 22.6 Å². The molecule has 0 aromatic heterocycles. The van der Waals surface area contributed by atoms with Crippen molar-refractivity contribution in [1.82, 2.24) is 5.48 Å². The fourth-order valence-corrected chi connectivity index (χ4v) is 2.16. The Balaban J connectivity index is 2.46. The molecule has 2 aromatic carbocycles. The number of nitrogens with zero attached hydrogens (tertiary/aromatic N) is 1. The average molecular weight is 397 g/mol. The molecule has 5 nitrogen and oxygen atoms in total. The summed E-state index contributed by atoms with van der Waals surface area (Å²) >= 11 is 1.98. The summed E-state index contributed by atoms with van der Waals surface area (Å²) in [7, 11) is 0. The highest BCUT2D eigenvalue weighted by Gasteiger charge is 2.13. The minimum atomic E-state index is -0.757. The van der Waals surface area contributed by atoms with Gasteiger partial charge in [-0.25, -0.2) is 9.87 Å². The lowest BCUT2D eigenvalue weighted by atomic mass is 10.1. The van der Waals surface area contributed by atoms with Crippen LogP contribution in [-0.4, -0.2) is 11.1 Å². The quantitative estimate of drug-likeness (QED) is 0.422. The Labute approximate surface area is 133 Å². The van der Waals surface area contributed by atoms with Crippen LogP contribution in [0.15, 0.2) is 36.4 Å². The van der Waals surface area contributed by atoms with Crippen LogP contribution in [0, 0.1) is 20.7 Å². The third-order valence-electron chi connectivity index (χ3n) is 2.70. The lowest BCUT2D eigenvalue weighted by Gasteiger charge is -2.12. The van der Waals surface area contributed by atoms with Gasteiger partial charge in [-0.05, 0) is 59.0 Å². The van der Waals surface area contributed by atoms with E-state index in [9.17, 15) is 9.18 Å². The smallest absolute Gasteiger partial charge is 0.276 e. The number of hydrogen-bond donors (Lipinski definition) is 3. The Morgan fingerprint density at radius 3 is 2.62 bits per heavy atom. The first-order chi connectivity index (χ1) is 10.0. The van der Waals surface area contributed by atoms with Gasteiger partial charge in [0.05, 0.1) is 28.6 Å². The molecule has 0 radical (unpaired) electrons. The molecule has 0 aliphatic rings. The Bertz CT molecular complexity index is 743. The lowest BCUT2D eigenvalue weighted by molar-refractivity contribution is 0.0707. The number of carbonyl (C=O) groups is 1. The highest BCUT2D eigenvalue weighted by molar-refractivity contribution is 14.1. The summed E-state index contributed by atoms with van der Waals surface area (Å²) in [5.74, 6) is -1.24. The molecule has 0 spiro atoms. The molecule has 3 N–H and O–H groups in total.